The van der Waals surface area contributed by atoms with Crippen LogP contribution in [0.2, 0.25) is 0 Å². The fourth-order valence-electron chi connectivity index (χ4n) is 2.26. The largest absolute Gasteiger partial charge is 0.411 e. The van der Waals surface area contributed by atoms with Crippen LogP contribution in [0, 0.1) is 6.92 Å². The average molecular weight is 504 g/mol. The second-order valence-corrected chi connectivity index (χ2v) is 6.73. The maximum absolute atomic E-state index is 8.03. The number of hydrogen-bond acceptors (Lipinski definition) is 9. The second-order valence-electron chi connectivity index (χ2n) is 6.73. The van der Waals surface area contributed by atoms with Gasteiger partial charge in [-0.05, 0) is 64.1 Å². The summed E-state index contributed by atoms with van der Waals surface area (Å²) in [5, 5.41) is 43.3. The molecule has 0 aromatic carbocycles. The third-order valence-electron chi connectivity index (χ3n) is 4.45. The monoisotopic (exact) mass is 504 g/mol. The molecule has 1 radical (unpaired) electrons. The molecule has 0 saturated carbocycles. The van der Waals surface area contributed by atoms with Crippen molar-refractivity contribution in [2.24, 2.45) is 20.6 Å². The Morgan fingerprint density at radius 3 is 1.61 bits per heavy atom. The van der Waals surface area contributed by atoms with E-state index in [-0.39, 0.29) is 16.8 Å². The molecule has 3 heterocycles. The van der Waals surface area contributed by atoms with Crippen molar-refractivity contribution in [1.29, 1.82) is 0 Å². The number of aromatic nitrogens is 2. The molecule has 0 saturated heterocycles. The summed E-state index contributed by atoms with van der Waals surface area (Å²) in [6.07, 6.45) is 8.19. The van der Waals surface area contributed by atoms with Gasteiger partial charge in [0.15, 0.2) is 0 Å². The van der Waals surface area contributed by atoms with Crippen LogP contribution in [-0.2, 0) is 23.3 Å². The van der Waals surface area contributed by atoms with Crippen LogP contribution in [0.1, 0.15) is 52.1 Å². The molecule has 185 valence electrons. The first-order chi connectivity index (χ1) is 15.3. The number of rotatable bonds is 2. The van der Waals surface area contributed by atoms with Crippen molar-refractivity contribution in [3.63, 3.8) is 0 Å². The maximum Gasteiger partial charge on any atom is 0.101 e. The summed E-state index contributed by atoms with van der Waals surface area (Å²) in [7, 11) is 0. The van der Waals surface area contributed by atoms with Gasteiger partial charge in [0, 0.05) is 41.9 Å². The third-order valence-corrected chi connectivity index (χ3v) is 4.45. The molecular formula is C22H33CoN6O4-. The predicted molar refractivity (Wildman–Crippen MR) is 126 cm³/mol. The van der Waals surface area contributed by atoms with Gasteiger partial charge in [-0.15, -0.1) is 5.92 Å². The van der Waals surface area contributed by atoms with E-state index in [4.69, 9.17) is 20.8 Å². The van der Waals surface area contributed by atoms with Crippen molar-refractivity contribution < 1.29 is 37.6 Å². The average Bonchev–Trinajstić information content (AvgIpc) is 3.34. The molecule has 1 aliphatic rings. The van der Waals surface area contributed by atoms with Crippen molar-refractivity contribution >= 4 is 22.8 Å². The van der Waals surface area contributed by atoms with Crippen LogP contribution >= 0.6 is 0 Å². The molecule has 33 heavy (non-hydrogen) atoms. The van der Waals surface area contributed by atoms with Crippen LogP contribution in [0.5, 0.6) is 0 Å². The quantitative estimate of drug-likeness (QED) is 0.203. The van der Waals surface area contributed by atoms with Gasteiger partial charge in [0.05, 0.1) is 0 Å². The normalized spacial score (nSPS) is 15.7. The second kappa shape index (κ2) is 19.5. The van der Waals surface area contributed by atoms with Crippen molar-refractivity contribution in [3.8, 4) is 0 Å². The Kier molecular flexibility index (Phi) is 18.9. The Labute approximate surface area is 205 Å². The first-order valence-corrected chi connectivity index (χ1v) is 9.90. The molecule has 1 atom stereocenters. The molecule has 0 bridgehead atoms. The summed E-state index contributed by atoms with van der Waals surface area (Å²) in [5.41, 5.74) is 2.66. The smallest absolute Gasteiger partial charge is 0.101 e. The number of aryl methyl sites for hydroxylation is 1. The van der Waals surface area contributed by atoms with Crippen molar-refractivity contribution in [1.82, 2.24) is 9.55 Å². The van der Waals surface area contributed by atoms with Gasteiger partial charge in [-0.3, -0.25) is 4.98 Å². The first-order valence-electron chi connectivity index (χ1n) is 9.90. The molecule has 0 fully saturated rings. The minimum Gasteiger partial charge on any atom is -0.411 e. The van der Waals surface area contributed by atoms with Gasteiger partial charge >= 0.3 is 0 Å². The molecular weight excluding hydrogens is 471 g/mol. The molecule has 11 heteroatoms. The third kappa shape index (κ3) is 13.8. The number of pyridine rings is 1. The van der Waals surface area contributed by atoms with E-state index in [1.165, 1.54) is 52.8 Å². The first kappa shape index (κ1) is 32.0. The number of hydrogen-bond donors (Lipinski definition) is 4. The Balaban J connectivity index is 0. The Hall–Kier alpha value is -3.18. The van der Waals surface area contributed by atoms with E-state index < -0.39 is 0 Å². The minimum atomic E-state index is 0. The van der Waals surface area contributed by atoms with Crippen molar-refractivity contribution in [2.45, 2.75) is 53.0 Å². The molecule has 10 nitrogen and oxygen atoms in total. The molecule has 0 spiro atoms. The zero-order valence-corrected chi connectivity index (χ0v) is 20.4. The molecule has 4 N–H and O–H groups in total. The number of nitrogens with zero attached hydrogens (tertiary/aromatic N) is 6. The molecule has 3 rings (SSSR count). The van der Waals surface area contributed by atoms with E-state index in [9.17, 15) is 0 Å². The van der Waals surface area contributed by atoms with Crippen LogP contribution in [-0.4, -0.2) is 53.2 Å². The molecule has 2 aromatic heterocycles. The van der Waals surface area contributed by atoms with Gasteiger partial charge in [0.1, 0.15) is 22.8 Å². The molecule has 1 aliphatic heterocycles. The summed E-state index contributed by atoms with van der Waals surface area (Å²) in [5.74, 6) is 0.531. The van der Waals surface area contributed by atoms with E-state index in [0.717, 1.165) is 0 Å². The zero-order chi connectivity index (χ0) is 24.4. The SMILES string of the molecule is CC(=N\O)/C(C)=N/O.CC(=N\O)/C(C)=N/O.[CH2-][C@@H]1CCCn2cccc21.[Co].c1ccncc1. The molecule has 0 unspecified atom stereocenters. The van der Waals surface area contributed by atoms with E-state index in [2.05, 4.69) is 55.4 Å². The minimum absolute atomic E-state index is 0. The topological polar surface area (TPSA) is 148 Å². The van der Waals surface area contributed by atoms with Crippen molar-refractivity contribution in [3.05, 3.63) is 61.5 Å². The Bertz CT molecular complexity index is 791. The van der Waals surface area contributed by atoms with E-state index in [0.29, 0.717) is 28.8 Å². The summed E-state index contributed by atoms with van der Waals surface area (Å²) in [4.78, 5) is 3.78. The zero-order valence-electron chi connectivity index (χ0n) is 19.3. The van der Waals surface area contributed by atoms with Crippen LogP contribution in [0.15, 0.2) is 69.5 Å². The van der Waals surface area contributed by atoms with Gasteiger partial charge in [0.25, 0.3) is 0 Å². The Morgan fingerprint density at radius 1 is 0.848 bits per heavy atom. The standard InChI is InChI=1S/C9H12N.C5H5N.2C4H8N2O2.Co/c1-8-4-2-6-10-7-3-5-9(8)10;1-2-4-6-5-3-1;2*1-3(5-7)4(2)6-8;/h3,5,7-8H,1-2,4,6H2;1-5H;2*7-8H,1-2H3;/q-1;;;;/b;;2*5-3+,6-4+;/t8-;;;;/m1..../s1. The van der Waals surface area contributed by atoms with Crippen LogP contribution in [0.4, 0.5) is 0 Å². The van der Waals surface area contributed by atoms with Gasteiger partial charge in [-0.2, -0.15) is 0 Å². The van der Waals surface area contributed by atoms with Crippen LogP contribution < -0.4 is 0 Å². The fraction of sp³-hybridized carbons (Fsp3) is 0.364. The number of oxime groups is 4. The molecule has 0 amide bonds. The molecule has 0 aliphatic carbocycles. The van der Waals surface area contributed by atoms with Gasteiger partial charge in [0.2, 0.25) is 0 Å². The van der Waals surface area contributed by atoms with Crippen LogP contribution in [0.25, 0.3) is 0 Å². The van der Waals surface area contributed by atoms with Gasteiger partial charge in [-0.1, -0.05) is 33.1 Å². The van der Waals surface area contributed by atoms with E-state index in [1.807, 2.05) is 18.2 Å². The predicted octanol–water partition coefficient (Wildman–Crippen LogP) is 4.65. The van der Waals surface area contributed by atoms with Gasteiger partial charge < -0.3 is 32.3 Å². The summed E-state index contributed by atoms with van der Waals surface area (Å²) >= 11 is 0. The van der Waals surface area contributed by atoms with Crippen LogP contribution in [0.3, 0.4) is 0 Å². The van der Waals surface area contributed by atoms with Crippen molar-refractivity contribution in [2.75, 3.05) is 0 Å². The summed E-state index contributed by atoms with van der Waals surface area (Å²) < 4.78 is 2.31. The maximum atomic E-state index is 8.03. The van der Waals surface area contributed by atoms with E-state index >= 15 is 0 Å². The molecule has 2 aromatic rings. The summed E-state index contributed by atoms with van der Waals surface area (Å²) in [6, 6.07) is 10.0. The number of fused-ring (bicyclic) bond motifs is 1. The summed E-state index contributed by atoms with van der Waals surface area (Å²) in [6.45, 7) is 11.4. The van der Waals surface area contributed by atoms with Gasteiger partial charge in [-0.25, -0.2) is 0 Å². The Morgan fingerprint density at radius 2 is 1.30 bits per heavy atom. The fourth-order valence-corrected chi connectivity index (χ4v) is 2.26. The van der Waals surface area contributed by atoms with E-state index in [1.54, 1.807) is 12.4 Å².